The van der Waals surface area contributed by atoms with Gasteiger partial charge in [-0.2, -0.15) is 0 Å². The van der Waals surface area contributed by atoms with Crippen molar-refractivity contribution in [3.05, 3.63) is 0 Å². The molecule has 0 aromatic heterocycles. The lowest BCUT2D eigenvalue weighted by atomic mass is 10.6. The second-order valence-electron chi connectivity index (χ2n) is 1.79. The maximum atomic E-state index is 10.3. The van der Waals surface area contributed by atoms with Gasteiger partial charge >= 0.3 is 11.5 Å². The first-order valence-electron chi connectivity index (χ1n) is 2.80. The Balaban J connectivity index is 3.39. The molecule has 0 unspecified atom stereocenters. The molecule has 0 atom stereocenters. The van der Waals surface area contributed by atoms with Crippen LogP contribution in [0.3, 0.4) is 0 Å². The molecule has 0 aliphatic rings. The summed E-state index contributed by atoms with van der Waals surface area (Å²) in [7, 11) is 1.44. The van der Waals surface area contributed by atoms with Crippen molar-refractivity contribution in [2.75, 3.05) is 20.2 Å². The number of nitrogens with zero attached hydrogens (tertiary/aromatic N) is 1. The van der Waals surface area contributed by atoms with Crippen molar-refractivity contribution in [1.29, 1.82) is 0 Å². The van der Waals surface area contributed by atoms with E-state index < -0.39 is 11.5 Å². The second-order valence-corrected chi connectivity index (χ2v) is 2.11. The molecule has 0 aromatic carbocycles. The summed E-state index contributed by atoms with van der Waals surface area (Å²) in [4.78, 5) is 21.2. The van der Waals surface area contributed by atoms with Crippen LogP contribution < -0.4 is 0 Å². The minimum Gasteiger partial charge on any atom is -0.450 e. The second kappa shape index (κ2) is 4.79. The highest BCUT2D eigenvalue weighted by Gasteiger charge is 2.04. The van der Waals surface area contributed by atoms with Gasteiger partial charge in [-0.3, -0.25) is 4.79 Å². The van der Waals surface area contributed by atoms with Gasteiger partial charge in [-0.1, -0.05) is 0 Å². The summed E-state index contributed by atoms with van der Waals surface area (Å²) < 4.78 is 4.13. The Morgan fingerprint density at radius 1 is 1.64 bits per heavy atom. The summed E-state index contributed by atoms with van der Waals surface area (Å²) in [6.45, 7) is 0.0962. The van der Waals surface area contributed by atoms with E-state index in [2.05, 4.69) is 4.74 Å². The first-order valence-corrected chi connectivity index (χ1v) is 3.18. The highest BCUT2D eigenvalue weighted by atomic mass is 35.5. The fourth-order valence-corrected chi connectivity index (χ4v) is 0.442. The molecule has 0 fully saturated rings. The number of carbonyl (C=O) groups is 2. The molecule has 1 amide bonds. The smallest absolute Gasteiger partial charge is 0.450 e. The van der Waals surface area contributed by atoms with Gasteiger partial charge in [0.25, 0.3) is 0 Å². The largest absolute Gasteiger partial charge is 0.505 e. The van der Waals surface area contributed by atoms with Gasteiger partial charge in [0.2, 0.25) is 0 Å². The van der Waals surface area contributed by atoms with Gasteiger partial charge in [-0.05, 0) is 11.6 Å². The Bertz CT molecular complexity index is 161. The fraction of sp³-hybridized carbons (Fsp3) is 0.600. The van der Waals surface area contributed by atoms with Crippen LogP contribution in [0.4, 0.5) is 9.59 Å². The molecule has 0 spiro atoms. The van der Waals surface area contributed by atoms with Crippen molar-refractivity contribution in [2.45, 2.75) is 0 Å². The third-order valence-electron chi connectivity index (χ3n) is 0.952. The van der Waals surface area contributed by atoms with Crippen LogP contribution in [-0.4, -0.2) is 41.7 Å². The van der Waals surface area contributed by atoms with Crippen molar-refractivity contribution in [2.24, 2.45) is 0 Å². The molecule has 0 aliphatic carbocycles. The van der Waals surface area contributed by atoms with Crippen LogP contribution in [0.2, 0.25) is 0 Å². The zero-order valence-corrected chi connectivity index (χ0v) is 6.67. The number of hydrogen-bond donors (Lipinski definition) is 1. The maximum Gasteiger partial charge on any atom is 0.505 e. The molecule has 0 heterocycles. The van der Waals surface area contributed by atoms with Crippen molar-refractivity contribution < 1.29 is 19.4 Å². The van der Waals surface area contributed by atoms with E-state index in [-0.39, 0.29) is 13.2 Å². The lowest BCUT2D eigenvalue weighted by molar-refractivity contribution is 0.0865. The average Bonchev–Trinajstić information content (AvgIpc) is 1.86. The maximum absolute atomic E-state index is 10.3. The van der Waals surface area contributed by atoms with Crippen molar-refractivity contribution in [3.8, 4) is 0 Å². The van der Waals surface area contributed by atoms with Gasteiger partial charge in [0, 0.05) is 7.05 Å². The normalized spacial score (nSPS) is 8.91. The summed E-state index contributed by atoms with van der Waals surface area (Å²) in [5.74, 6) is 0. The Kier molecular flexibility index (Phi) is 4.36. The van der Waals surface area contributed by atoms with Crippen LogP contribution in [0.5, 0.6) is 0 Å². The first kappa shape index (κ1) is 10.0. The third-order valence-corrected chi connectivity index (χ3v) is 1.24. The number of hydrogen-bond acceptors (Lipinski definition) is 3. The highest BCUT2D eigenvalue weighted by molar-refractivity contribution is 6.62. The van der Waals surface area contributed by atoms with E-state index in [1.54, 1.807) is 0 Å². The van der Waals surface area contributed by atoms with E-state index in [1.807, 2.05) is 0 Å². The predicted molar refractivity (Wildman–Crippen MR) is 37.9 cm³/mol. The molecule has 0 saturated carbocycles. The lowest BCUT2D eigenvalue weighted by Crippen LogP contribution is -2.26. The van der Waals surface area contributed by atoms with Crippen LogP contribution in [0.1, 0.15) is 0 Å². The SMILES string of the molecule is CN(CCOC(=O)O)C(=O)Cl. The molecule has 0 saturated heterocycles. The molecule has 0 aliphatic heterocycles. The van der Waals surface area contributed by atoms with Crippen LogP contribution in [0.25, 0.3) is 0 Å². The Morgan fingerprint density at radius 2 is 2.18 bits per heavy atom. The molecule has 0 bridgehead atoms. The van der Waals surface area contributed by atoms with Gasteiger partial charge in [-0.15, -0.1) is 0 Å². The lowest BCUT2D eigenvalue weighted by Gasteiger charge is -2.11. The summed E-state index contributed by atoms with van der Waals surface area (Å²) in [6.07, 6.45) is -1.36. The standard InChI is InChI=1S/C5H8ClNO4/c1-7(4(6)8)2-3-11-5(9)10/h2-3H2,1H3,(H,9,10). The quantitative estimate of drug-likeness (QED) is 0.400. The van der Waals surface area contributed by atoms with Gasteiger partial charge in [0.15, 0.2) is 0 Å². The van der Waals surface area contributed by atoms with E-state index in [9.17, 15) is 9.59 Å². The molecule has 1 N–H and O–H groups in total. The van der Waals surface area contributed by atoms with Crippen LogP contribution in [-0.2, 0) is 4.74 Å². The minimum absolute atomic E-state index is 0.0652. The van der Waals surface area contributed by atoms with Crippen molar-refractivity contribution >= 4 is 23.1 Å². The number of carboxylic acid groups (broad SMARTS) is 1. The molecular weight excluding hydrogens is 174 g/mol. The first-order chi connectivity index (χ1) is 5.04. The van der Waals surface area contributed by atoms with Crippen LogP contribution in [0, 0.1) is 0 Å². The van der Waals surface area contributed by atoms with Gasteiger partial charge in [0.1, 0.15) is 6.61 Å². The highest BCUT2D eigenvalue weighted by Crippen LogP contribution is 1.91. The fourth-order valence-electron chi connectivity index (χ4n) is 0.358. The molecule has 0 radical (unpaired) electrons. The van der Waals surface area contributed by atoms with E-state index in [4.69, 9.17) is 16.7 Å². The predicted octanol–water partition coefficient (Wildman–Crippen LogP) is 0.972. The summed E-state index contributed by atoms with van der Waals surface area (Å²) in [6, 6.07) is 0. The molecule has 0 aromatic rings. The minimum atomic E-state index is -1.36. The van der Waals surface area contributed by atoms with E-state index >= 15 is 0 Å². The summed E-state index contributed by atoms with van der Waals surface area (Å²) in [5, 5.41) is 7.37. The summed E-state index contributed by atoms with van der Waals surface area (Å²) in [5.41, 5.74) is 0. The average molecular weight is 182 g/mol. The van der Waals surface area contributed by atoms with Crippen molar-refractivity contribution in [3.63, 3.8) is 0 Å². The number of carbonyl (C=O) groups excluding carboxylic acids is 1. The molecule has 64 valence electrons. The molecule has 5 nitrogen and oxygen atoms in total. The van der Waals surface area contributed by atoms with E-state index in [1.165, 1.54) is 7.05 Å². The Labute approximate surface area is 68.5 Å². The van der Waals surface area contributed by atoms with Crippen LogP contribution >= 0.6 is 11.6 Å². The summed E-state index contributed by atoms with van der Waals surface area (Å²) >= 11 is 5.03. The Hall–Kier alpha value is -0.970. The molecular formula is C5H8ClNO4. The van der Waals surface area contributed by atoms with E-state index in [0.29, 0.717) is 0 Å². The number of rotatable bonds is 3. The zero-order valence-electron chi connectivity index (χ0n) is 5.91. The third kappa shape index (κ3) is 5.47. The van der Waals surface area contributed by atoms with Crippen LogP contribution in [0.15, 0.2) is 0 Å². The molecule has 0 rings (SSSR count). The topological polar surface area (TPSA) is 66.8 Å². The number of halogens is 1. The van der Waals surface area contributed by atoms with Gasteiger partial charge in [-0.25, -0.2) is 4.79 Å². The van der Waals surface area contributed by atoms with Gasteiger partial charge < -0.3 is 14.7 Å². The molecule has 6 heteroatoms. The van der Waals surface area contributed by atoms with E-state index in [0.717, 1.165) is 4.90 Å². The number of likely N-dealkylation sites (N-methyl/N-ethyl adjacent to an activating group) is 1. The van der Waals surface area contributed by atoms with Gasteiger partial charge in [0.05, 0.1) is 6.54 Å². The number of amides is 1. The zero-order chi connectivity index (χ0) is 8.85. The monoisotopic (exact) mass is 181 g/mol. The molecule has 11 heavy (non-hydrogen) atoms. The Morgan fingerprint density at radius 3 is 2.55 bits per heavy atom. The van der Waals surface area contributed by atoms with Crippen molar-refractivity contribution in [1.82, 2.24) is 4.90 Å². The number of ether oxygens (including phenoxy) is 1.